The van der Waals surface area contributed by atoms with Crippen molar-refractivity contribution < 1.29 is 9.53 Å². The van der Waals surface area contributed by atoms with Crippen LogP contribution in [-0.2, 0) is 4.74 Å². The highest BCUT2D eigenvalue weighted by atomic mass is 16.5. The zero-order valence-electron chi connectivity index (χ0n) is 7.47. The molecule has 0 heterocycles. The maximum atomic E-state index is 10.8. The normalized spacial score (nSPS) is 30.2. The van der Waals surface area contributed by atoms with Gasteiger partial charge in [0.05, 0.1) is 13.2 Å². The molecule has 1 aliphatic rings. The smallest absolute Gasteiger partial charge is 0.408 e. The van der Waals surface area contributed by atoms with Gasteiger partial charge in [0.2, 0.25) is 0 Å². The molecule has 1 rings (SSSR count). The van der Waals surface area contributed by atoms with Crippen molar-refractivity contribution in [2.75, 3.05) is 7.11 Å². The van der Waals surface area contributed by atoms with E-state index in [-0.39, 0.29) is 5.41 Å². The van der Waals surface area contributed by atoms with Gasteiger partial charge in [-0.25, -0.2) is 4.79 Å². The van der Waals surface area contributed by atoms with Crippen LogP contribution in [0.1, 0.15) is 20.3 Å². The van der Waals surface area contributed by atoms with Gasteiger partial charge in [0.1, 0.15) is 5.54 Å². The van der Waals surface area contributed by atoms with E-state index in [9.17, 15) is 4.79 Å². The molecule has 12 heavy (non-hydrogen) atoms. The molecule has 0 aliphatic heterocycles. The maximum Gasteiger partial charge on any atom is 0.408 e. The van der Waals surface area contributed by atoms with Crippen molar-refractivity contribution >= 4 is 6.09 Å². The van der Waals surface area contributed by atoms with Gasteiger partial charge in [-0.3, -0.25) is 0 Å². The van der Waals surface area contributed by atoms with Crippen LogP contribution in [0.2, 0.25) is 0 Å². The molecule has 0 spiro atoms. The van der Waals surface area contributed by atoms with Gasteiger partial charge in [-0.05, 0) is 6.42 Å². The van der Waals surface area contributed by atoms with E-state index >= 15 is 0 Å². The van der Waals surface area contributed by atoms with Crippen molar-refractivity contribution in [3.05, 3.63) is 0 Å². The summed E-state index contributed by atoms with van der Waals surface area (Å²) >= 11 is 0. The highest BCUT2D eigenvalue weighted by Gasteiger charge is 2.63. The van der Waals surface area contributed by atoms with Crippen LogP contribution in [0, 0.1) is 16.7 Å². The Morgan fingerprint density at radius 1 is 1.67 bits per heavy atom. The van der Waals surface area contributed by atoms with E-state index in [4.69, 9.17) is 5.26 Å². The average Bonchev–Trinajstić information content (AvgIpc) is 2.54. The monoisotopic (exact) mass is 168 g/mol. The van der Waals surface area contributed by atoms with Crippen LogP contribution in [0.3, 0.4) is 0 Å². The fraction of sp³-hybridized carbons (Fsp3) is 0.750. The van der Waals surface area contributed by atoms with Crippen LogP contribution in [0.5, 0.6) is 0 Å². The second kappa shape index (κ2) is 2.37. The molecule has 0 aromatic carbocycles. The van der Waals surface area contributed by atoms with Crippen molar-refractivity contribution in [3.63, 3.8) is 0 Å². The molecule has 1 unspecified atom stereocenters. The molecule has 1 saturated carbocycles. The summed E-state index contributed by atoms with van der Waals surface area (Å²) in [7, 11) is 1.29. The van der Waals surface area contributed by atoms with E-state index in [1.54, 1.807) is 0 Å². The second-order valence-electron chi connectivity index (χ2n) is 3.69. The summed E-state index contributed by atoms with van der Waals surface area (Å²) in [5.41, 5.74) is -0.837. The zero-order valence-corrected chi connectivity index (χ0v) is 7.47. The minimum Gasteiger partial charge on any atom is -0.453 e. The first-order valence-electron chi connectivity index (χ1n) is 3.75. The van der Waals surface area contributed by atoms with Crippen LogP contribution < -0.4 is 5.32 Å². The van der Waals surface area contributed by atoms with Gasteiger partial charge in [0.25, 0.3) is 0 Å². The lowest BCUT2D eigenvalue weighted by atomic mass is 10.1. The number of methoxy groups -OCH3 is 1. The number of hydrogen-bond acceptors (Lipinski definition) is 3. The van der Waals surface area contributed by atoms with Gasteiger partial charge in [-0.1, -0.05) is 13.8 Å². The molecule has 1 atom stereocenters. The molecule has 4 heteroatoms. The number of hydrogen-bond donors (Lipinski definition) is 1. The first-order chi connectivity index (χ1) is 5.47. The molecular formula is C8H12N2O2. The lowest BCUT2D eigenvalue weighted by molar-refractivity contribution is 0.166. The molecule has 1 fully saturated rings. The van der Waals surface area contributed by atoms with Crippen LogP contribution in [0.4, 0.5) is 4.79 Å². The van der Waals surface area contributed by atoms with E-state index in [0.29, 0.717) is 6.42 Å². The molecule has 0 saturated heterocycles. The average molecular weight is 168 g/mol. The maximum absolute atomic E-state index is 10.8. The van der Waals surface area contributed by atoms with Gasteiger partial charge in [0, 0.05) is 5.41 Å². The molecule has 4 nitrogen and oxygen atoms in total. The molecule has 0 aromatic heterocycles. The molecule has 0 aromatic rings. The second-order valence-corrected chi connectivity index (χ2v) is 3.69. The number of ether oxygens (including phenoxy) is 1. The topological polar surface area (TPSA) is 62.1 Å². The number of nitriles is 1. The van der Waals surface area contributed by atoms with Gasteiger partial charge < -0.3 is 10.1 Å². The number of alkyl carbamates (subject to hydrolysis) is 1. The van der Waals surface area contributed by atoms with Gasteiger partial charge in [-0.2, -0.15) is 5.26 Å². The van der Waals surface area contributed by atoms with E-state index < -0.39 is 11.6 Å². The summed E-state index contributed by atoms with van der Waals surface area (Å²) in [6.07, 6.45) is 0.146. The Morgan fingerprint density at radius 2 is 2.17 bits per heavy atom. The van der Waals surface area contributed by atoms with Crippen molar-refractivity contribution in [3.8, 4) is 6.07 Å². The number of rotatable bonds is 1. The Labute approximate surface area is 71.5 Å². The molecule has 0 bridgehead atoms. The third-order valence-corrected chi connectivity index (χ3v) is 2.43. The minimum atomic E-state index is -0.708. The molecule has 0 radical (unpaired) electrons. The summed E-state index contributed by atoms with van der Waals surface area (Å²) < 4.78 is 4.42. The largest absolute Gasteiger partial charge is 0.453 e. The summed E-state index contributed by atoms with van der Waals surface area (Å²) in [6, 6.07) is 2.10. The summed E-state index contributed by atoms with van der Waals surface area (Å²) in [4.78, 5) is 10.8. The van der Waals surface area contributed by atoms with Crippen molar-refractivity contribution in [2.24, 2.45) is 5.41 Å². The number of carbonyl (C=O) groups is 1. The van der Waals surface area contributed by atoms with Crippen molar-refractivity contribution in [2.45, 2.75) is 25.8 Å². The summed E-state index contributed by atoms with van der Waals surface area (Å²) in [6.45, 7) is 3.87. The first-order valence-corrected chi connectivity index (χ1v) is 3.75. The third-order valence-electron chi connectivity index (χ3n) is 2.43. The predicted molar refractivity (Wildman–Crippen MR) is 42.3 cm³/mol. The first kappa shape index (κ1) is 8.85. The van der Waals surface area contributed by atoms with E-state index in [1.807, 2.05) is 13.8 Å². The number of carbonyl (C=O) groups excluding carboxylic acids is 1. The summed E-state index contributed by atoms with van der Waals surface area (Å²) in [5, 5.41) is 11.4. The Bertz CT molecular complexity index is 254. The molecular weight excluding hydrogens is 156 g/mol. The summed E-state index contributed by atoms with van der Waals surface area (Å²) in [5.74, 6) is 0. The van der Waals surface area contributed by atoms with E-state index in [0.717, 1.165) is 0 Å². The SMILES string of the molecule is COC(=O)NC1(C#N)CC1(C)C. The number of nitrogens with one attached hydrogen (secondary N) is 1. The van der Waals surface area contributed by atoms with Crippen molar-refractivity contribution in [1.29, 1.82) is 5.26 Å². The van der Waals surface area contributed by atoms with E-state index in [1.165, 1.54) is 7.11 Å². The lowest BCUT2D eigenvalue weighted by Crippen LogP contribution is -2.39. The Hall–Kier alpha value is -1.24. The quantitative estimate of drug-likeness (QED) is 0.636. The predicted octanol–water partition coefficient (Wildman–Crippen LogP) is 1.03. The van der Waals surface area contributed by atoms with Gasteiger partial charge >= 0.3 is 6.09 Å². The third kappa shape index (κ3) is 1.11. The van der Waals surface area contributed by atoms with Crippen LogP contribution >= 0.6 is 0 Å². The van der Waals surface area contributed by atoms with Gasteiger partial charge in [0.15, 0.2) is 0 Å². The lowest BCUT2D eigenvalue weighted by Gasteiger charge is -2.12. The molecule has 66 valence electrons. The Balaban J connectivity index is 2.64. The molecule has 1 aliphatic carbocycles. The standard InChI is InChI=1S/C8H12N2O2/c1-7(2)4-8(7,5-9)10-6(11)12-3/h4H2,1-3H3,(H,10,11). The number of nitrogens with zero attached hydrogens (tertiary/aromatic N) is 1. The minimum absolute atomic E-state index is 0.129. The highest BCUT2D eigenvalue weighted by molar-refractivity contribution is 5.70. The van der Waals surface area contributed by atoms with Gasteiger partial charge in [-0.15, -0.1) is 0 Å². The molecule has 1 N–H and O–H groups in total. The van der Waals surface area contributed by atoms with E-state index in [2.05, 4.69) is 16.1 Å². The van der Waals surface area contributed by atoms with Crippen LogP contribution in [-0.4, -0.2) is 18.7 Å². The van der Waals surface area contributed by atoms with Crippen molar-refractivity contribution in [1.82, 2.24) is 5.32 Å². The fourth-order valence-electron chi connectivity index (χ4n) is 1.28. The van der Waals surface area contributed by atoms with Crippen LogP contribution in [0.15, 0.2) is 0 Å². The Morgan fingerprint density at radius 3 is 2.42 bits per heavy atom. The number of amides is 1. The highest BCUT2D eigenvalue weighted by Crippen LogP contribution is 2.55. The molecule has 1 amide bonds. The fourth-order valence-corrected chi connectivity index (χ4v) is 1.28. The Kier molecular flexibility index (Phi) is 1.75. The van der Waals surface area contributed by atoms with Crippen LogP contribution in [0.25, 0.3) is 0 Å². The zero-order chi connectivity index (χ0) is 9.41.